The highest BCUT2D eigenvalue weighted by Gasteiger charge is 2.35. The highest BCUT2D eigenvalue weighted by atomic mass is 16.4. The third kappa shape index (κ3) is 22.9. The number of nitrogens with zero attached hydrogens (tertiary/aromatic N) is 1. The number of benzene rings is 1. The molecule has 21 N–H and O–H groups in total. The van der Waals surface area contributed by atoms with Crippen LogP contribution >= 0.6 is 0 Å². The van der Waals surface area contributed by atoms with Gasteiger partial charge in [-0.05, 0) is 62.6 Å². The van der Waals surface area contributed by atoms with Crippen LogP contribution in [0.25, 0.3) is 0 Å². The summed E-state index contributed by atoms with van der Waals surface area (Å²) in [4.78, 5) is 133. The molecule has 28 nitrogen and oxygen atoms in total. The summed E-state index contributed by atoms with van der Waals surface area (Å²) in [5, 5.41) is 74.6. The molecule has 0 saturated heterocycles. The maximum absolute atomic E-state index is 13.9. The first-order valence-corrected chi connectivity index (χ1v) is 21.6. The van der Waals surface area contributed by atoms with Gasteiger partial charge < -0.3 is 90.8 Å². The molecule has 0 aliphatic rings. The van der Waals surface area contributed by atoms with E-state index in [0.717, 1.165) is 6.92 Å². The van der Waals surface area contributed by atoms with Crippen LogP contribution in [0.3, 0.4) is 0 Å². The number of hydrogen-bond donors (Lipinski definition) is 17. The zero-order valence-electron chi connectivity index (χ0n) is 38.4. The quantitative estimate of drug-likeness (QED) is 0.0181. The van der Waals surface area contributed by atoms with Crippen LogP contribution in [0.15, 0.2) is 29.3 Å². The van der Waals surface area contributed by atoms with Gasteiger partial charge in [-0.25, -0.2) is 4.79 Å². The minimum Gasteiger partial charge on any atom is -0.508 e. The molecule has 0 bridgehead atoms. The van der Waals surface area contributed by atoms with Gasteiger partial charge in [0.2, 0.25) is 47.3 Å². The lowest BCUT2D eigenvalue weighted by molar-refractivity contribution is -0.145. The summed E-state index contributed by atoms with van der Waals surface area (Å²) in [6, 6.07) is -7.74. The van der Waals surface area contributed by atoms with Gasteiger partial charge in [0.15, 0.2) is 12.0 Å². The standard InChI is InChI=1S/C41H66N12O16/c1-19(2)15-23(42)33(61)51-28(17-54)39(67)50-27(16-21-6-8-22(57)9-7-21)37(65)52-29(18-55)38(66)47-24(5-4-14-46-41(44)45)34(62)49-26(11-13-31(59)60)35(63)48-25(10-12-30(43)58)36(64)53-32(20(3)56)40(68)69/h6-9,19-20,23-29,32,54-57H,4-5,10-18,42H2,1-3H3,(H2,43,58)(H,47,66)(H,48,63)(H,49,62)(H,50,67)(H,51,61)(H,52,65)(H,53,64)(H,59,60)(H,68,69)(H4,44,45,46)/t20-,23+,24+,25+,26+,27+,28+,29+,32+/m1/s1. The smallest absolute Gasteiger partial charge is 0.328 e. The third-order valence-corrected chi connectivity index (χ3v) is 9.92. The van der Waals surface area contributed by atoms with Crippen LogP contribution in [-0.4, -0.2) is 170 Å². The number of aromatic hydroxyl groups is 1. The molecular weight excluding hydrogens is 917 g/mol. The lowest BCUT2D eigenvalue weighted by atomic mass is 10.0. The van der Waals surface area contributed by atoms with Gasteiger partial charge in [0.1, 0.15) is 42.0 Å². The molecule has 9 atom stereocenters. The molecule has 1 rings (SSSR count). The molecule has 386 valence electrons. The Bertz CT molecular complexity index is 1970. The number of carboxylic acids is 2. The molecule has 1 aromatic rings. The maximum Gasteiger partial charge on any atom is 0.328 e. The molecule has 0 aliphatic carbocycles. The molecule has 0 heterocycles. The van der Waals surface area contributed by atoms with Crippen LogP contribution in [0.4, 0.5) is 0 Å². The average Bonchev–Trinajstić information content (AvgIpc) is 3.26. The number of nitrogens with one attached hydrogen (secondary N) is 7. The predicted octanol–water partition coefficient (Wildman–Crippen LogP) is -6.66. The Hall–Kier alpha value is -7.17. The fourth-order valence-electron chi connectivity index (χ4n) is 6.23. The summed E-state index contributed by atoms with van der Waals surface area (Å²) in [7, 11) is 0. The van der Waals surface area contributed by atoms with E-state index in [-0.39, 0.29) is 49.9 Å². The largest absolute Gasteiger partial charge is 0.508 e. The highest BCUT2D eigenvalue weighted by Crippen LogP contribution is 2.13. The number of carbonyl (C=O) groups is 10. The normalized spacial score (nSPS) is 14.9. The van der Waals surface area contributed by atoms with Gasteiger partial charge in [-0.15, -0.1) is 0 Å². The molecule has 0 unspecified atom stereocenters. The number of primary amides is 1. The van der Waals surface area contributed by atoms with Crippen molar-refractivity contribution >= 4 is 65.2 Å². The summed E-state index contributed by atoms with van der Waals surface area (Å²) in [5.74, 6) is -12.2. The van der Waals surface area contributed by atoms with Gasteiger partial charge in [0.25, 0.3) is 0 Å². The van der Waals surface area contributed by atoms with Crippen molar-refractivity contribution in [1.29, 1.82) is 0 Å². The first kappa shape index (κ1) is 59.8. The van der Waals surface area contributed by atoms with E-state index in [4.69, 9.17) is 22.9 Å². The fourth-order valence-corrected chi connectivity index (χ4v) is 6.23. The number of hydrogen-bond acceptors (Lipinski definition) is 16. The van der Waals surface area contributed by atoms with Crippen LogP contribution in [-0.2, 0) is 54.4 Å². The number of guanidine groups is 1. The van der Waals surface area contributed by atoms with Crippen LogP contribution < -0.4 is 60.2 Å². The van der Waals surface area contributed by atoms with Crippen molar-refractivity contribution in [3.63, 3.8) is 0 Å². The number of phenolic OH excluding ortho intramolecular Hbond substituents is 1. The van der Waals surface area contributed by atoms with Gasteiger partial charge in [0.05, 0.1) is 25.4 Å². The highest BCUT2D eigenvalue weighted by molar-refractivity contribution is 5.98. The van der Waals surface area contributed by atoms with Gasteiger partial charge in [0, 0.05) is 25.8 Å². The molecule has 0 saturated carbocycles. The number of amides is 8. The average molecular weight is 983 g/mol. The number of aliphatic carboxylic acids is 2. The number of rotatable bonds is 32. The van der Waals surface area contributed by atoms with E-state index >= 15 is 0 Å². The molecule has 0 fully saturated rings. The Morgan fingerprint density at radius 2 is 1.01 bits per heavy atom. The van der Waals surface area contributed by atoms with Crippen molar-refractivity contribution in [3.8, 4) is 5.75 Å². The number of nitrogens with two attached hydrogens (primary N) is 4. The maximum atomic E-state index is 13.9. The Balaban J connectivity index is 3.51. The van der Waals surface area contributed by atoms with Crippen molar-refractivity contribution < 1.29 is 78.6 Å². The second-order valence-corrected chi connectivity index (χ2v) is 16.3. The predicted molar refractivity (Wildman–Crippen MR) is 241 cm³/mol. The minimum atomic E-state index is -1.87. The summed E-state index contributed by atoms with van der Waals surface area (Å²) in [6.45, 7) is 2.53. The summed E-state index contributed by atoms with van der Waals surface area (Å²) < 4.78 is 0. The van der Waals surface area contributed by atoms with Crippen molar-refractivity contribution in [1.82, 2.24) is 37.2 Å². The third-order valence-electron chi connectivity index (χ3n) is 9.92. The number of aliphatic imine (C=N–C) groups is 1. The molecule has 0 aliphatic heterocycles. The molecule has 28 heteroatoms. The Labute approximate surface area is 396 Å². The van der Waals surface area contributed by atoms with E-state index in [0.29, 0.717) is 5.56 Å². The zero-order valence-corrected chi connectivity index (χ0v) is 38.4. The molecular formula is C41H66N12O16. The van der Waals surface area contributed by atoms with Crippen molar-refractivity contribution in [3.05, 3.63) is 29.8 Å². The molecule has 0 radical (unpaired) electrons. The molecule has 0 spiro atoms. The van der Waals surface area contributed by atoms with Crippen molar-refractivity contribution in [2.75, 3.05) is 19.8 Å². The van der Waals surface area contributed by atoms with E-state index < -0.39 is 153 Å². The first-order chi connectivity index (χ1) is 32.3. The van der Waals surface area contributed by atoms with Crippen LogP contribution in [0.1, 0.15) is 71.3 Å². The SMILES string of the molecule is CC(C)C[C@H](N)C(=O)N[C@@H](CO)C(=O)N[C@@H](Cc1ccc(O)cc1)C(=O)N[C@@H](CO)C(=O)N[C@@H](CCCN=C(N)N)C(=O)N[C@@H](CCC(=O)O)C(=O)N[C@@H](CCC(N)=O)C(=O)N[C@H](C(=O)O)[C@@H](C)O. The summed E-state index contributed by atoms with van der Waals surface area (Å²) in [6.07, 6.45) is -4.45. The van der Waals surface area contributed by atoms with Gasteiger partial charge >= 0.3 is 11.9 Å². The number of carbonyl (C=O) groups excluding carboxylic acids is 8. The number of aliphatic hydroxyl groups is 3. The Morgan fingerprint density at radius 3 is 1.45 bits per heavy atom. The Morgan fingerprint density at radius 1 is 0.594 bits per heavy atom. The minimum absolute atomic E-state index is 0.00505. The second-order valence-electron chi connectivity index (χ2n) is 16.3. The number of aliphatic hydroxyl groups excluding tert-OH is 3. The van der Waals surface area contributed by atoms with E-state index in [2.05, 4.69) is 36.9 Å². The zero-order chi connectivity index (χ0) is 52.5. The Kier molecular flexibility index (Phi) is 26.2. The summed E-state index contributed by atoms with van der Waals surface area (Å²) in [5.41, 5.74) is 22.3. The lowest BCUT2D eigenvalue weighted by Crippen LogP contribution is -2.61. The monoisotopic (exact) mass is 982 g/mol. The van der Waals surface area contributed by atoms with Crippen molar-refractivity contribution in [2.45, 2.75) is 127 Å². The first-order valence-electron chi connectivity index (χ1n) is 21.6. The van der Waals surface area contributed by atoms with Crippen LogP contribution in [0, 0.1) is 5.92 Å². The fraction of sp³-hybridized carbons (Fsp3) is 0.585. The summed E-state index contributed by atoms with van der Waals surface area (Å²) >= 11 is 0. The van der Waals surface area contributed by atoms with E-state index in [1.165, 1.54) is 24.3 Å². The number of carboxylic acid groups (broad SMARTS) is 2. The molecule has 0 aromatic heterocycles. The molecule has 1 aromatic carbocycles. The van der Waals surface area contributed by atoms with Crippen LogP contribution in [0.2, 0.25) is 0 Å². The second kappa shape index (κ2) is 30.3. The van der Waals surface area contributed by atoms with Crippen molar-refractivity contribution in [2.24, 2.45) is 33.8 Å². The van der Waals surface area contributed by atoms with E-state index in [9.17, 15) is 78.6 Å². The van der Waals surface area contributed by atoms with Gasteiger partial charge in [-0.1, -0.05) is 26.0 Å². The van der Waals surface area contributed by atoms with Gasteiger partial charge in [-0.3, -0.25) is 48.1 Å². The van der Waals surface area contributed by atoms with Gasteiger partial charge in [-0.2, -0.15) is 0 Å². The van der Waals surface area contributed by atoms with Crippen LogP contribution in [0.5, 0.6) is 5.75 Å². The molecule has 8 amide bonds. The molecule has 69 heavy (non-hydrogen) atoms. The number of phenols is 1. The van der Waals surface area contributed by atoms with E-state index in [1.54, 1.807) is 0 Å². The lowest BCUT2D eigenvalue weighted by Gasteiger charge is -2.27. The topological polar surface area (TPSA) is 493 Å². The van der Waals surface area contributed by atoms with E-state index in [1.807, 2.05) is 19.2 Å².